The maximum absolute atomic E-state index is 13.0. The first kappa shape index (κ1) is 16.9. The highest BCUT2D eigenvalue weighted by molar-refractivity contribution is 5.96. The van der Waals surface area contributed by atoms with Crippen LogP contribution in [0.4, 0.5) is 0 Å². The third-order valence-electron chi connectivity index (χ3n) is 4.14. The molecular formula is C20H19NO4. The van der Waals surface area contributed by atoms with Gasteiger partial charge in [-0.15, -0.1) is 0 Å². The Morgan fingerprint density at radius 3 is 2.72 bits per heavy atom. The van der Waals surface area contributed by atoms with Crippen molar-refractivity contribution in [2.24, 2.45) is 0 Å². The summed E-state index contributed by atoms with van der Waals surface area (Å²) in [6.07, 6.45) is 3.16. The van der Waals surface area contributed by atoms with Gasteiger partial charge in [-0.25, -0.2) is 4.79 Å². The van der Waals surface area contributed by atoms with E-state index in [1.165, 1.54) is 7.11 Å². The molecule has 0 fully saturated rings. The van der Waals surface area contributed by atoms with Crippen molar-refractivity contribution in [3.8, 4) is 11.3 Å². The lowest BCUT2D eigenvalue weighted by Gasteiger charge is -2.11. The molecule has 0 N–H and O–H groups in total. The fourth-order valence-corrected chi connectivity index (χ4v) is 2.98. The molecule has 2 aromatic heterocycles. The second-order valence-corrected chi connectivity index (χ2v) is 5.82. The largest absolute Gasteiger partial charge is 0.465 e. The van der Waals surface area contributed by atoms with Crippen LogP contribution in [0.1, 0.15) is 35.0 Å². The number of aryl methyl sites for hydroxylation is 2. The highest BCUT2D eigenvalue weighted by atomic mass is 16.5. The number of hydrogen-bond acceptors (Lipinski definition) is 5. The van der Waals surface area contributed by atoms with Gasteiger partial charge in [-0.1, -0.05) is 19.4 Å². The summed E-state index contributed by atoms with van der Waals surface area (Å²) in [6.45, 7) is 3.74. The molecule has 0 atom stereocenters. The quantitative estimate of drug-likeness (QED) is 0.675. The van der Waals surface area contributed by atoms with Crippen LogP contribution < -0.4 is 5.43 Å². The van der Waals surface area contributed by atoms with Gasteiger partial charge in [0.2, 0.25) is 5.43 Å². The first-order chi connectivity index (χ1) is 12.1. The number of methoxy groups -OCH3 is 1. The summed E-state index contributed by atoms with van der Waals surface area (Å²) in [6, 6.07) is 8.74. The van der Waals surface area contributed by atoms with Crippen LogP contribution in [-0.4, -0.2) is 18.1 Å². The van der Waals surface area contributed by atoms with Gasteiger partial charge in [0.15, 0.2) is 0 Å². The maximum Gasteiger partial charge on any atom is 0.338 e. The molecule has 0 saturated heterocycles. The van der Waals surface area contributed by atoms with Crippen LogP contribution in [0.3, 0.4) is 0 Å². The topological polar surface area (TPSA) is 69.4 Å². The second kappa shape index (κ2) is 6.89. The summed E-state index contributed by atoms with van der Waals surface area (Å²) in [5, 5.41) is 0.447. The van der Waals surface area contributed by atoms with Crippen LogP contribution in [0.15, 0.2) is 45.7 Å². The third-order valence-corrected chi connectivity index (χ3v) is 4.14. The summed E-state index contributed by atoms with van der Waals surface area (Å²) < 4.78 is 10.7. The zero-order chi connectivity index (χ0) is 18.0. The summed E-state index contributed by atoms with van der Waals surface area (Å²) in [4.78, 5) is 29.4. The van der Waals surface area contributed by atoms with Crippen molar-refractivity contribution in [3.05, 3.63) is 63.6 Å². The Morgan fingerprint density at radius 1 is 1.28 bits per heavy atom. The second-order valence-electron chi connectivity index (χ2n) is 5.82. The number of benzene rings is 1. The van der Waals surface area contributed by atoms with Gasteiger partial charge >= 0.3 is 5.97 Å². The Balaban J connectivity index is 2.32. The van der Waals surface area contributed by atoms with E-state index in [2.05, 4.69) is 4.98 Å². The van der Waals surface area contributed by atoms with Crippen LogP contribution in [0.5, 0.6) is 0 Å². The highest BCUT2D eigenvalue weighted by Gasteiger charge is 2.19. The fraction of sp³-hybridized carbons (Fsp3) is 0.250. The van der Waals surface area contributed by atoms with Crippen LogP contribution in [0.25, 0.3) is 22.2 Å². The number of carbonyl (C=O) groups excluding carboxylic acids is 1. The number of hydrogen-bond donors (Lipinski definition) is 0. The van der Waals surface area contributed by atoms with E-state index in [1.54, 1.807) is 37.4 Å². The maximum atomic E-state index is 13.0. The van der Waals surface area contributed by atoms with Crippen LogP contribution in [0, 0.1) is 6.92 Å². The zero-order valence-electron chi connectivity index (χ0n) is 14.5. The molecule has 0 aliphatic rings. The predicted octanol–water partition coefficient (Wildman–Crippen LogP) is 3.90. The van der Waals surface area contributed by atoms with Crippen molar-refractivity contribution in [2.45, 2.75) is 26.7 Å². The van der Waals surface area contributed by atoms with Gasteiger partial charge in [0.05, 0.1) is 29.3 Å². The molecule has 25 heavy (non-hydrogen) atoms. The summed E-state index contributed by atoms with van der Waals surface area (Å²) >= 11 is 0. The number of fused-ring (bicyclic) bond motifs is 1. The van der Waals surface area contributed by atoms with E-state index in [9.17, 15) is 9.59 Å². The smallest absolute Gasteiger partial charge is 0.338 e. The summed E-state index contributed by atoms with van der Waals surface area (Å²) in [5.74, 6) is 0.0368. The average Bonchev–Trinajstić information content (AvgIpc) is 2.62. The monoisotopic (exact) mass is 337 g/mol. The lowest BCUT2D eigenvalue weighted by Crippen LogP contribution is -2.11. The Morgan fingerprint density at radius 2 is 2.08 bits per heavy atom. The van der Waals surface area contributed by atoms with Crippen molar-refractivity contribution in [1.29, 1.82) is 0 Å². The fourth-order valence-electron chi connectivity index (χ4n) is 2.98. The minimum atomic E-state index is -0.431. The molecule has 0 unspecified atom stereocenters. The number of esters is 1. The number of aromatic nitrogens is 1. The van der Waals surface area contributed by atoms with E-state index in [0.29, 0.717) is 40.0 Å². The van der Waals surface area contributed by atoms with Crippen molar-refractivity contribution in [3.63, 3.8) is 0 Å². The Labute approximate surface area is 145 Å². The van der Waals surface area contributed by atoms with Gasteiger partial charge < -0.3 is 9.15 Å². The number of ether oxygens (including phenoxy) is 1. The number of nitrogens with zero attached hydrogens (tertiary/aromatic N) is 1. The van der Waals surface area contributed by atoms with Crippen molar-refractivity contribution in [2.75, 3.05) is 7.11 Å². The van der Waals surface area contributed by atoms with Crippen molar-refractivity contribution >= 4 is 16.9 Å². The van der Waals surface area contributed by atoms with E-state index >= 15 is 0 Å². The molecule has 0 amide bonds. The Kier molecular flexibility index (Phi) is 4.65. The minimum Gasteiger partial charge on any atom is -0.465 e. The average molecular weight is 337 g/mol. The van der Waals surface area contributed by atoms with Crippen molar-refractivity contribution < 1.29 is 13.9 Å². The van der Waals surface area contributed by atoms with Crippen LogP contribution in [-0.2, 0) is 11.2 Å². The highest BCUT2D eigenvalue weighted by Crippen LogP contribution is 2.26. The van der Waals surface area contributed by atoms with E-state index in [-0.39, 0.29) is 5.43 Å². The van der Waals surface area contributed by atoms with Gasteiger partial charge in [0.25, 0.3) is 0 Å². The van der Waals surface area contributed by atoms with E-state index in [1.807, 2.05) is 13.0 Å². The first-order valence-electron chi connectivity index (χ1n) is 8.16. The molecule has 2 heterocycles. The number of carbonyl (C=O) groups is 1. The lowest BCUT2D eigenvalue weighted by atomic mass is 9.98. The SMILES string of the molecule is CCCc1cc2c(=O)c(-c3ccccn3)c(C)oc2cc1C(=O)OC. The van der Waals surface area contributed by atoms with Gasteiger partial charge in [-0.05, 0) is 43.2 Å². The molecule has 0 saturated carbocycles. The predicted molar refractivity (Wildman–Crippen MR) is 95.8 cm³/mol. The lowest BCUT2D eigenvalue weighted by molar-refractivity contribution is 0.0599. The number of rotatable bonds is 4. The van der Waals surface area contributed by atoms with E-state index < -0.39 is 5.97 Å². The summed E-state index contributed by atoms with van der Waals surface area (Å²) in [7, 11) is 1.34. The van der Waals surface area contributed by atoms with Gasteiger partial charge in [0, 0.05) is 6.20 Å². The van der Waals surface area contributed by atoms with Crippen molar-refractivity contribution in [1.82, 2.24) is 4.98 Å². The molecule has 3 rings (SSSR count). The molecule has 5 nitrogen and oxygen atoms in total. The van der Waals surface area contributed by atoms with E-state index in [0.717, 1.165) is 12.0 Å². The van der Waals surface area contributed by atoms with Crippen LogP contribution >= 0.6 is 0 Å². The standard InChI is InChI=1S/C20H19NO4/c1-4-7-13-10-15-17(11-14(13)20(23)24-3)25-12(2)18(19(15)22)16-8-5-6-9-21-16/h5-6,8-11H,4,7H2,1-3H3. The van der Waals surface area contributed by atoms with Crippen LogP contribution in [0.2, 0.25) is 0 Å². The number of pyridine rings is 1. The molecule has 0 spiro atoms. The van der Waals surface area contributed by atoms with Gasteiger partial charge in [-0.3, -0.25) is 9.78 Å². The molecule has 128 valence electrons. The first-order valence-corrected chi connectivity index (χ1v) is 8.16. The zero-order valence-corrected chi connectivity index (χ0v) is 14.5. The van der Waals surface area contributed by atoms with Gasteiger partial charge in [-0.2, -0.15) is 0 Å². The molecule has 0 radical (unpaired) electrons. The molecule has 0 bridgehead atoms. The molecule has 5 heteroatoms. The molecule has 0 aliphatic heterocycles. The molecule has 0 aliphatic carbocycles. The molecule has 1 aromatic carbocycles. The Bertz CT molecular complexity index is 990. The van der Waals surface area contributed by atoms with E-state index in [4.69, 9.17) is 9.15 Å². The summed E-state index contributed by atoms with van der Waals surface area (Å²) in [5.41, 5.74) is 2.47. The van der Waals surface area contributed by atoms with Gasteiger partial charge in [0.1, 0.15) is 11.3 Å². The minimum absolute atomic E-state index is 0.147. The Hall–Kier alpha value is -2.95. The molecular weight excluding hydrogens is 318 g/mol. The third kappa shape index (κ3) is 3.05. The normalized spacial score (nSPS) is 10.8. The molecule has 3 aromatic rings.